The van der Waals surface area contributed by atoms with E-state index in [4.69, 9.17) is 0 Å². The van der Waals surface area contributed by atoms with Crippen molar-refractivity contribution in [3.63, 3.8) is 0 Å². The van der Waals surface area contributed by atoms with Gasteiger partial charge in [0.25, 0.3) is 11.5 Å². The number of nitrogens with one attached hydrogen (secondary N) is 1. The standard InChI is InChI=1S/C30H31N5O3/c1-19(2)16-31-27(36)24-12-13-25-26(15-24)35-29(33(28(25)37)17-22-10-8-20(3)9-11-22)32-34(30(35)38)18-23-7-5-6-21(4)14-23/h5-15,19H,16-18H2,1-4H3,(H,31,36). The SMILES string of the molecule is Cc1ccc(Cn2c(=O)c3ccc(C(=O)NCC(C)C)cc3n3c(=O)n(Cc4cccc(C)c4)nc23)cc1. The summed E-state index contributed by atoms with van der Waals surface area (Å²) >= 11 is 0. The molecule has 8 heteroatoms. The predicted octanol–water partition coefficient (Wildman–Crippen LogP) is 3.91. The lowest BCUT2D eigenvalue weighted by atomic mass is 10.1. The lowest BCUT2D eigenvalue weighted by Gasteiger charge is -2.12. The van der Waals surface area contributed by atoms with Crippen LogP contribution in [-0.4, -0.2) is 31.2 Å². The van der Waals surface area contributed by atoms with E-state index in [9.17, 15) is 14.4 Å². The highest BCUT2D eigenvalue weighted by Crippen LogP contribution is 2.16. The third-order valence-corrected chi connectivity index (χ3v) is 6.59. The van der Waals surface area contributed by atoms with E-state index in [2.05, 4.69) is 10.4 Å². The minimum atomic E-state index is -0.371. The highest BCUT2D eigenvalue weighted by Gasteiger charge is 2.19. The molecule has 0 aliphatic carbocycles. The highest BCUT2D eigenvalue weighted by molar-refractivity contribution is 5.98. The van der Waals surface area contributed by atoms with Crippen LogP contribution in [0.4, 0.5) is 0 Å². The summed E-state index contributed by atoms with van der Waals surface area (Å²) in [5.74, 6) is 0.279. The third kappa shape index (κ3) is 4.89. The fourth-order valence-corrected chi connectivity index (χ4v) is 4.56. The van der Waals surface area contributed by atoms with Crippen molar-refractivity contribution in [1.82, 2.24) is 24.1 Å². The van der Waals surface area contributed by atoms with Crippen molar-refractivity contribution in [2.24, 2.45) is 5.92 Å². The average Bonchev–Trinajstić information content (AvgIpc) is 3.21. The van der Waals surface area contributed by atoms with Crippen LogP contribution in [-0.2, 0) is 13.1 Å². The second-order valence-corrected chi connectivity index (χ2v) is 10.3. The van der Waals surface area contributed by atoms with E-state index < -0.39 is 0 Å². The van der Waals surface area contributed by atoms with Crippen LogP contribution < -0.4 is 16.6 Å². The topological polar surface area (TPSA) is 90.4 Å². The number of aromatic nitrogens is 4. The fraction of sp³-hybridized carbons (Fsp3) is 0.267. The van der Waals surface area contributed by atoms with Gasteiger partial charge in [-0.3, -0.25) is 14.2 Å². The molecular formula is C30H31N5O3. The minimum absolute atomic E-state index is 0.237. The molecule has 194 valence electrons. The number of hydrogen-bond acceptors (Lipinski definition) is 4. The summed E-state index contributed by atoms with van der Waals surface area (Å²) in [7, 11) is 0. The van der Waals surface area contributed by atoms with Gasteiger partial charge in [-0.05, 0) is 49.1 Å². The van der Waals surface area contributed by atoms with Gasteiger partial charge in [0.2, 0.25) is 5.78 Å². The molecule has 38 heavy (non-hydrogen) atoms. The summed E-state index contributed by atoms with van der Waals surface area (Å²) in [6, 6.07) is 20.6. The monoisotopic (exact) mass is 509 g/mol. The number of fused-ring (bicyclic) bond motifs is 3. The van der Waals surface area contributed by atoms with Crippen LogP contribution >= 0.6 is 0 Å². The van der Waals surface area contributed by atoms with Gasteiger partial charge in [0.15, 0.2) is 0 Å². The lowest BCUT2D eigenvalue weighted by molar-refractivity contribution is 0.0949. The summed E-state index contributed by atoms with van der Waals surface area (Å²) in [5, 5.41) is 7.88. The largest absolute Gasteiger partial charge is 0.352 e. The summed E-state index contributed by atoms with van der Waals surface area (Å²) in [4.78, 5) is 40.3. The first-order valence-corrected chi connectivity index (χ1v) is 12.8. The minimum Gasteiger partial charge on any atom is -0.352 e. The molecule has 0 aliphatic heterocycles. The normalized spacial score (nSPS) is 11.5. The maximum atomic E-state index is 13.7. The maximum Gasteiger partial charge on any atom is 0.352 e. The van der Waals surface area contributed by atoms with Gasteiger partial charge in [0.05, 0.1) is 24.0 Å². The van der Waals surface area contributed by atoms with E-state index in [1.54, 1.807) is 18.2 Å². The predicted molar refractivity (Wildman–Crippen MR) is 149 cm³/mol. The zero-order valence-corrected chi connectivity index (χ0v) is 22.1. The molecule has 8 nitrogen and oxygen atoms in total. The van der Waals surface area contributed by atoms with Crippen molar-refractivity contribution >= 4 is 22.6 Å². The second kappa shape index (κ2) is 10.1. The number of carbonyl (C=O) groups is 1. The number of amides is 1. The molecule has 0 bridgehead atoms. The molecule has 1 N–H and O–H groups in total. The summed E-state index contributed by atoms with van der Waals surface area (Å²) in [5.41, 5.74) is 4.16. The molecule has 0 fully saturated rings. The number of nitrogens with zero attached hydrogens (tertiary/aromatic N) is 4. The molecule has 0 spiro atoms. The molecule has 3 aromatic carbocycles. The van der Waals surface area contributed by atoms with Crippen molar-refractivity contribution in [2.45, 2.75) is 40.8 Å². The van der Waals surface area contributed by atoms with Gasteiger partial charge in [0.1, 0.15) is 0 Å². The van der Waals surface area contributed by atoms with Crippen molar-refractivity contribution in [3.05, 3.63) is 115 Å². The van der Waals surface area contributed by atoms with Crippen LogP contribution in [0.3, 0.4) is 0 Å². The quantitative estimate of drug-likeness (QED) is 0.360. The Bertz CT molecular complexity index is 1770. The van der Waals surface area contributed by atoms with Gasteiger partial charge in [-0.1, -0.05) is 73.5 Å². The van der Waals surface area contributed by atoms with E-state index in [-0.39, 0.29) is 36.0 Å². The van der Waals surface area contributed by atoms with E-state index in [1.807, 2.05) is 76.2 Å². The van der Waals surface area contributed by atoms with Crippen molar-refractivity contribution in [1.29, 1.82) is 0 Å². The molecule has 0 saturated heterocycles. The Morgan fingerprint density at radius 1 is 0.895 bits per heavy atom. The number of rotatable bonds is 7. The van der Waals surface area contributed by atoms with Gasteiger partial charge in [-0.25, -0.2) is 13.9 Å². The molecule has 0 aliphatic rings. The molecular weight excluding hydrogens is 478 g/mol. The van der Waals surface area contributed by atoms with Crippen LogP contribution in [0.1, 0.15) is 46.5 Å². The number of carbonyl (C=O) groups excluding carboxylic acids is 1. The first-order valence-electron chi connectivity index (χ1n) is 12.8. The molecule has 1 amide bonds. The van der Waals surface area contributed by atoms with Gasteiger partial charge >= 0.3 is 5.69 Å². The zero-order valence-electron chi connectivity index (χ0n) is 22.1. The number of benzene rings is 3. The first-order chi connectivity index (χ1) is 18.2. The molecule has 0 saturated carbocycles. The van der Waals surface area contributed by atoms with Crippen LogP contribution in [0.2, 0.25) is 0 Å². The number of aryl methyl sites for hydroxylation is 2. The Hall–Kier alpha value is -4.46. The van der Waals surface area contributed by atoms with Crippen LogP contribution in [0.5, 0.6) is 0 Å². The van der Waals surface area contributed by atoms with Crippen molar-refractivity contribution in [3.8, 4) is 0 Å². The molecule has 2 aromatic heterocycles. The number of hydrogen-bond donors (Lipinski definition) is 1. The Kier molecular flexibility index (Phi) is 6.72. The molecule has 5 rings (SSSR count). The summed E-state index contributed by atoms with van der Waals surface area (Å²) in [6.45, 7) is 9.08. The summed E-state index contributed by atoms with van der Waals surface area (Å²) in [6.07, 6.45) is 0. The molecule has 0 atom stereocenters. The molecule has 2 heterocycles. The summed E-state index contributed by atoms with van der Waals surface area (Å²) < 4.78 is 4.35. The van der Waals surface area contributed by atoms with Crippen molar-refractivity contribution in [2.75, 3.05) is 6.54 Å². The van der Waals surface area contributed by atoms with Crippen LogP contribution in [0, 0.1) is 19.8 Å². The Morgan fingerprint density at radius 3 is 2.37 bits per heavy atom. The molecule has 5 aromatic rings. The second-order valence-electron chi connectivity index (χ2n) is 10.3. The third-order valence-electron chi connectivity index (χ3n) is 6.59. The average molecular weight is 510 g/mol. The van der Waals surface area contributed by atoms with Gasteiger partial charge in [-0.15, -0.1) is 5.10 Å². The Balaban J connectivity index is 1.72. The van der Waals surface area contributed by atoms with E-state index >= 15 is 0 Å². The van der Waals surface area contributed by atoms with E-state index in [0.717, 1.165) is 22.3 Å². The highest BCUT2D eigenvalue weighted by atomic mass is 16.2. The fourth-order valence-electron chi connectivity index (χ4n) is 4.56. The maximum absolute atomic E-state index is 13.7. The van der Waals surface area contributed by atoms with Gasteiger partial charge in [-0.2, -0.15) is 0 Å². The van der Waals surface area contributed by atoms with Gasteiger partial charge in [0, 0.05) is 12.1 Å². The van der Waals surface area contributed by atoms with E-state index in [1.165, 1.54) is 13.6 Å². The molecule has 0 unspecified atom stereocenters. The van der Waals surface area contributed by atoms with E-state index in [0.29, 0.717) is 28.9 Å². The smallest absolute Gasteiger partial charge is 0.352 e. The van der Waals surface area contributed by atoms with Crippen molar-refractivity contribution < 1.29 is 4.79 Å². The molecule has 0 radical (unpaired) electrons. The lowest BCUT2D eigenvalue weighted by Crippen LogP contribution is -2.29. The van der Waals surface area contributed by atoms with Gasteiger partial charge < -0.3 is 5.32 Å². The Morgan fingerprint density at radius 2 is 1.66 bits per heavy atom. The van der Waals surface area contributed by atoms with Crippen LogP contribution in [0.25, 0.3) is 16.7 Å². The zero-order chi connectivity index (χ0) is 27.0. The first kappa shape index (κ1) is 25.2. The van der Waals surface area contributed by atoms with Crippen LogP contribution in [0.15, 0.2) is 76.3 Å². The Labute approximate surface area is 220 Å².